The van der Waals surface area contributed by atoms with Gasteiger partial charge in [0.2, 0.25) is 0 Å². The summed E-state index contributed by atoms with van der Waals surface area (Å²) in [5, 5.41) is 1.96. The van der Waals surface area contributed by atoms with Crippen molar-refractivity contribution in [3.8, 4) is 5.75 Å². The average molecular weight is 345 g/mol. The Bertz CT molecular complexity index is 1020. The van der Waals surface area contributed by atoms with Crippen LogP contribution in [0.15, 0.2) is 66.7 Å². The summed E-state index contributed by atoms with van der Waals surface area (Å²) in [5.74, 6) is -1.24. The van der Waals surface area contributed by atoms with Crippen molar-refractivity contribution in [3.63, 3.8) is 0 Å². The van der Waals surface area contributed by atoms with Crippen LogP contribution in [-0.4, -0.2) is 28.7 Å². The number of benzene rings is 3. The highest BCUT2D eigenvalue weighted by atomic mass is 16.5. The molecule has 1 atom stereocenters. The third-order valence-corrected chi connectivity index (χ3v) is 4.49. The van der Waals surface area contributed by atoms with Gasteiger partial charge in [0.05, 0.1) is 11.1 Å². The van der Waals surface area contributed by atoms with Gasteiger partial charge in [0.25, 0.3) is 11.8 Å². The number of carbonyl (C=O) groups is 3. The Morgan fingerprint density at radius 2 is 1.42 bits per heavy atom. The van der Waals surface area contributed by atoms with Crippen molar-refractivity contribution in [1.29, 1.82) is 0 Å². The molecule has 4 rings (SSSR count). The number of amides is 2. The van der Waals surface area contributed by atoms with Crippen LogP contribution < -0.4 is 4.74 Å². The summed E-state index contributed by atoms with van der Waals surface area (Å²) in [7, 11) is 0. The molecule has 5 heteroatoms. The van der Waals surface area contributed by atoms with Gasteiger partial charge in [-0.05, 0) is 42.0 Å². The normalized spacial score (nSPS) is 14.4. The van der Waals surface area contributed by atoms with Crippen molar-refractivity contribution in [2.45, 2.75) is 13.0 Å². The van der Waals surface area contributed by atoms with E-state index in [1.165, 1.54) is 6.92 Å². The maximum atomic E-state index is 12.5. The predicted octanol–water partition coefficient (Wildman–Crippen LogP) is 3.43. The molecule has 1 aliphatic heterocycles. The second-order valence-electron chi connectivity index (χ2n) is 6.13. The Labute approximate surface area is 149 Å². The van der Waals surface area contributed by atoms with Crippen molar-refractivity contribution in [2.75, 3.05) is 0 Å². The average Bonchev–Trinajstić information content (AvgIpc) is 2.92. The first kappa shape index (κ1) is 16.0. The lowest BCUT2D eigenvalue weighted by Crippen LogP contribution is -2.44. The molecule has 0 saturated carbocycles. The largest absolute Gasteiger partial charge is 0.425 e. The zero-order valence-corrected chi connectivity index (χ0v) is 14.0. The van der Waals surface area contributed by atoms with E-state index < -0.39 is 23.8 Å². The van der Waals surface area contributed by atoms with Gasteiger partial charge in [-0.3, -0.25) is 14.5 Å². The molecule has 0 N–H and O–H groups in total. The zero-order valence-electron chi connectivity index (χ0n) is 14.0. The molecular weight excluding hydrogens is 330 g/mol. The van der Waals surface area contributed by atoms with E-state index in [4.69, 9.17) is 4.74 Å². The van der Waals surface area contributed by atoms with E-state index in [2.05, 4.69) is 0 Å². The molecule has 0 unspecified atom stereocenters. The van der Waals surface area contributed by atoms with Gasteiger partial charge in [0.15, 0.2) is 0 Å². The highest BCUT2D eigenvalue weighted by Crippen LogP contribution is 2.26. The lowest BCUT2D eigenvalue weighted by molar-refractivity contribution is -0.138. The molecule has 5 nitrogen and oxygen atoms in total. The molecule has 0 aliphatic carbocycles. The maximum absolute atomic E-state index is 12.5. The van der Waals surface area contributed by atoms with Crippen molar-refractivity contribution < 1.29 is 19.1 Å². The second kappa shape index (κ2) is 6.11. The zero-order chi connectivity index (χ0) is 18.3. The van der Waals surface area contributed by atoms with E-state index >= 15 is 0 Å². The molecule has 0 saturated heterocycles. The number of carbonyl (C=O) groups excluding carboxylic acids is 3. The molecule has 128 valence electrons. The van der Waals surface area contributed by atoms with Crippen LogP contribution in [0.2, 0.25) is 0 Å². The predicted molar refractivity (Wildman–Crippen MR) is 96.0 cm³/mol. The molecule has 0 radical (unpaired) electrons. The smallest absolute Gasteiger partial charge is 0.334 e. The number of hydrogen-bond donors (Lipinski definition) is 0. The number of rotatable bonds is 3. The molecular formula is C21H15NO4. The van der Waals surface area contributed by atoms with Crippen LogP contribution >= 0.6 is 0 Å². The van der Waals surface area contributed by atoms with Gasteiger partial charge in [-0.25, -0.2) is 4.79 Å². The summed E-state index contributed by atoms with van der Waals surface area (Å²) >= 11 is 0. The molecule has 3 aromatic rings. The van der Waals surface area contributed by atoms with Crippen LogP contribution in [0, 0.1) is 0 Å². The number of fused-ring (bicyclic) bond motifs is 2. The summed E-state index contributed by atoms with van der Waals surface area (Å²) < 4.78 is 5.41. The standard InChI is InChI=1S/C21H15NO4/c1-13(22-19(23)17-8-4-5-9-18(17)20(22)24)21(25)26-16-11-10-14-6-2-3-7-15(14)12-16/h2-13H,1H3/t13-/m0/s1. The van der Waals surface area contributed by atoms with E-state index in [-0.39, 0.29) is 0 Å². The Morgan fingerprint density at radius 3 is 2.08 bits per heavy atom. The molecule has 1 heterocycles. The van der Waals surface area contributed by atoms with E-state index in [1.54, 1.807) is 36.4 Å². The van der Waals surface area contributed by atoms with E-state index in [0.29, 0.717) is 16.9 Å². The van der Waals surface area contributed by atoms with E-state index in [0.717, 1.165) is 15.7 Å². The number of imide groups is 1. The molecule has 2 amide bonds. The summed E-state index contributed by atoms with van der Waals surface area (Å²) in [4.78, 5) is 38.4. The molecule has 0 aromatic heterocycles. The monoisotopic (exact) mass is 345 g/mol. The van der Waals surface area contributed by atoms with Crippen LogP contribution in [0.1, 0.15) is 27.6 Å². The molecule has 0 spiro atoms. The summed E-state index contributed by atoms with van der Waals surface area (Å²) in [6.45, 7) is 1.49. The second-order valence-corrected chi connectivity index (χ2v) is 6.13. The van der Waals surface area contributed by atoms with Gasteiger partial charge in [0, 0.05) is 0 Å². The van der Waals surface area contributed by atoms with Crippen LogP contribution in [0.3, 0.4) is 0 Å². The fraction of sp³-hybridized carbons (Fsp3) is 0.0952. The fourth-order valence-electron chi connectivity index (χ4n) is 3.10. The molecule has 3 aromatic carbocycles. The molecule has 0 bridgehead atoms. The number of hydrogen-bond acceptors (Lipinski definition) is 4. The topological polar surface area (TPSA) is 63.7 Å². The quantitative estimate of drug-likeness (QED) is 0.414. The summed E-state index contributed by atoms with van der Waals surface area (Å²) in [5.41, 5.74) is 0.616. The SMILES string of the molecule is C[C@@H](C(=O)Oc1ccc2ccccc2c1)N1C(=O)c2ccccc2C1=O. The van der Waals surface area contributed by atoms with Gasteiger partial charge in [-0.1, -0.05) is 42.5 Å². The van der Waals surface area contributed by atoms with Gasteiger partial charge in [-0.15, -0.1) is 0 Å². The third-order valence-electron chi connectivity index (χ3n) is 4.49. The molecule has 26 heavy (non-hydrogen) atoms. The number of nitrogens with zero attached hydrogens (tertiary/aromatic N) is 1. The van der Waals surface area contributed by atoms with Crippen LogP contribution in [0.4, 0.5) is 0 Å². The van der Waals surface area contributed by atoms with E-state index in [9.17, 15) is 14.4 Å². The summed E-state index contributed by atoms with van der Waals surface area (Å²) in [6, 6.07) is 18.5. The minimum Gasteiger partial charge on any atom is -0.425 e. The fourth-order valence-corrected chi connectivity index (χ4v) is 3.10. The van der Waals surface area contributed by atoms with Gasteiger partial charge in [-0.2, -0.15) is 0 Å². The van der Waals surface area contributed by atoms with Gasteiger partial charge >= 0.3 is 5.97 Å². The van der Waals surface area contributed by atoms with E-state index in [1.807, 2.05) is 30.3 Å². The first-order chi connectivity index (χ1) is 12.6. The molecule has 1 aliphatic rings. The summed E-state index contributed by atoms with van der Waals surface area (Å²) in [6.07, 6.45) is 0. The Morgan fingerprint density at radius 1 is 0.846 bits per heavy atom. The van der Waals surface area contributed by atoms with Crippen molar-refractivity contribution in [2.24, 2.45) is 0 Å². The van der Waals surface area contributed by atoms with Crippen molar-refractivity contribution in [3.05, 3.63) is 77.9 Å². The highest BCUT2D eigenvalue weighted by molar-refractivity contribution is 6.22. The minimum atomic E-state index is -1.02. The first-order valence-electron chi connectivity index (χ1n) is 8.23. The molecule has 0 fully saturated rings. The van der Waals surface area contributed by atoms with Crippen molar-refractivity contribution >= 4 is 28.6 Å². The lowest BCUT2D eigenvalue weighted by Gasteiger charge is -2.20. The first-order valence-corrected chi connectivity index (χ1v) is 8.23. The van der Waals surface area contributed by atoms with Crippen LogP contribution in [0.5, 0.6) is 5.75 Å². The van der Waals surface area contributed by atoms with Crippen LogP contribution in [-0.2, 0) is 4.79 Å². The Balaban J connectivity index is 1.56. The van der Waals surface area contributed by atoms with Gasteiger partial charge in [0.1, 0.15) is 11.8 Å². The Kier molecular flexibility index (Phi) is 3.77. The minimum absolute atomic E-state index is 0.308. The number of ether oxygens (including phenoxy) is 1. The Hall–Kier alpha value is -3.47. The third kappa shape index (κ3) is 2.54. The highest BCUT2D eigenvalue weighted by Gasteiger charge is 2.41. The van der Waals surface area contributed by atoms with Crippen LogP contribution in [0.25, 0.3) is 10.8 Å². The number of esters is 1. The van der Waals surface area contributed by atoms with Crippen molar-refractivity contribution in [1.82, 2.24) is 4.90 Å². The maximum Gasteiger partial charge on any atom is 0.334 e. The lowest BCUT2D eigenvalue weighted by atomic mass is 10.1. The van der Waals surface area contributed by atoms with Gasteiger partial charge < -0.3 is 4.74 Å².